The van der Waals surface area contributed by atoms with E-state index in [1.165, 1.54) is 6.07 Å². The molecule has 0 bridgehead atoms. The predicted octanol–water partition coefficient (Wildman–Crippen LogP) is 1.50. The van der Waals surface area contributed by atoms with Crippen LogP contribution in [0.3, 0.4) is 0 Å². The van der Waals surface area contributed by atoms with Crippen molar-refractivity contribution < 1.29 is 17.9 Å². The van der Waals surface area contributed by atoms with E-state index in [4.69, 9.17) is 4.74 Å². The SMILES string of the molecule is CC(C)(C)OC(=O)c1cc(S(C)(=O)=O)ns1. The Morgan fingerprint density at radius 2 is 2.00 bits per heavy atom. The highest BCUT2D eigenvalue weighted by Gasteiger charge is 2.22. The molecule has 1 aromatic heterocycles. The zero-order valence-electron chi connectivity index (χ0n) is 9.47. The highest BCUT2D eigenvalue weighted by Crippen LogP contribution is 2.18. The van der Waals surface area contributed by atoms with Gasteiger partial charge in [-0.1, -0.05) is 0 Å². The van der Waals surface area contributed by atoms with Gasteiger partial charge in [-0.2, -0.15) is 4.37 Å². The molecule has 0 saturated carbocycles. The minimum atomic E-state index is -3.37. The van der Waals surface area contributed by atoms with E-state index >= 15 is 0 Å². The van der Waals surface area contributed by atoms with Crippen LogP contribution in [0.2, 0.25) is 0 Å². The molecule has 1 heterocycles. The molecule has 0 fully saturated rings. The summed E-state index contributed by atoms with van der Waals surface area (Å²) < 4.78 is 31.1. The lowest BCUT2D eigenvalue weighted by Gasteiger charge is -2.18. The third-order valence-electron chi connectivity index (χ3n) is 1.47. The summed E-state index contributed by atoms with van der Waals surface area (Å²) in [6.45, 7) is 5.22. The Morgan fingerprint density at radius 1 is 1.44 bits per heavy atom. The van der Waals surface area contributed by atoms with E-state index < -0.39 is 21.4 Å². The fourth-order valence-electron chi connectivity index (χ4n) is 0.858. The van der Waals surface area contributed by atoms with Gasteiger partial charge in [-0.15, -0.1) is 0 Å². The maximum atomic E-state index is 11.6. The smallest absolute Gasteiger partial charge is 0.350 e. The van der Waals surface area contributed by atoms with Crippen LogP contribution < -0.4 is 0 Å². The molecule has 1 aromatic rings. The first-order valence-corrected chi connectivity index (χ1v) is 7.16. The summed E-state index contributed by atoms with van der Waals surface area (Å²) in [6.07, 6.45) is 1.04. The Hall–Kier alpha value is -0.950. The average Bonchev–Trinajstić information content (AvgIpc) is 2.46. The van der Waals surface area contributed by atoms with E-state index in [1.54, 1.807) is 20.8 Å². The number of aromatic nitrogens is 1. The van der Waals surface area contributed by atoms with Crippen molar-refractivity contribution in [3.05, 3.63) is 10.9 Å². The van der Waals surface area contributed by atoms with Crippen LogP contribution in [0.5, 0.6) is 0 Å². The van der Waals surface area contributed by atoms with Gasteiger partial charge in [0.15, 0.2) is 14.9 Å². The molecule has 0 radical (unpaired) electrons. The van der Waals surface area contributed by atoms with Gasteiger partial charge in [-0.25, -0.2) is 13.2 Å². The van der Waals surface area contributed by atoms with Gasteiger partial charge in [-0.05, 0) is 32.3 Å². The number of sulfone groups is 1. The van der Waals surface area contributed by atoms with Crippen molar-refractivity contribution in [2.45, 2.75) is 31.4 Å². The molecule has 0 atom stereocenters. The van der Waals surface area contributed by atoms with Crippen molar-refractivity contribution in [3.8, 4) is 0 Å². The van der Waals surface area contributed by atoms with Gasteiger partial charge in [0, 0.05) is 12.3 Å². The molecule has 0 aliphatic heterocycles. The van der Waals surface area contributed by atoms with Gasteiger partial charge in [0.2, 0.25) is 0 Å². The van der Waals surface area contributed by atoms with Gasteiger partial charge >= 0.3 is 5.97 Å². The van der Waals surface area contributed by atoms with Crippen LogP contribution in [0, 0.1) is 0 Å². The minimum Gasteiger partial charge on any atom is -0.456 e. The van der Waals surface area contributed by atoms with Crippen molar-refractivity contribution in [2.24, 2.45) is 0 Å². The van der Waals surface area contributed by atoms with Crippen LogP contribution in [0.1, 0.15) is 30.4 Å². The maximum absolute atomic E-state index is 11.6. The van der Waals surface area contributed by atoms with Crippen molar-refractivity contribution >= 4 is 27.3 Å². The molecule has 0 spiro atoms. The second-order valence-electron chi connectivity index (χ2n) is 4.30. The summed E-state index contributed by atoms with van der Waals surface area (Å²) in [5, 5.41) is -0.0987. The summed E-state index contributed by atoms with van der Waals surface area (Å²) in [5.74, 6) is -0.556. The number of carbonyl (C=O) groups is 1. The number of ether oxygens (including phenoxy) is 1. The molecule has 0 aromatic carbocycles. The molecule has 0 saturated heterocycles. The molecular formula is C9H13NO4S2. The van der Waals surface area contributed by atoms with Gasteiger partial charge in [0.1, 0.15) is 10.5 Å². The zero-order valence-corrected chi connectivity index (χ0v) is 11.1. The fourth-order valence-corrected chi connectivity index (χ4v) is 2.44. The van der Waals surface area contributed by atoms with Gasteiger partial charge in [0.05, 0.1) is 0 Å². The molecular weight excluding hydrogens is 250 g/mol. The highest BCUT2D eigenvalue weighted by molar-refractivity contribution is 7.90. The van der Waals surface area contributed by atoms with E-state index in [-0.39, 0.29) is 9.90 Å². The Bertz CT molecular complexity index is 496. The standard InChI is InChI=1S/C9H13NO4S2/c1-9(2,3)14-8(11)6-5-7(10-15-6)16(4,12)13/h5H,1-4H3. The fraction of sp³-hybridized carbons (Fsp3) is 0.556. The molecule has 0 N–H and O–H groups in total. The lowest BCUT2D eigenvalue weighted by Crippen LogP contribution is -2.23. The number of nitrogens with zero attached hydrogens (tertiary/aromatic N) is 1. The number of hydrogen-bond acceptors (Lipinski definition) is 6. The number of rotatable bonds is 2. The molecule has 0 unspecified atom stereocenters. The molecule has 0 aliphatic carbocycles. The monoisotopic (exact) mass is 263 g/mol. The maximum Gasteiger partial charge on any atom is 0.350 e. The number of carbonyl (C=O) groups excluding carboxylic acids is 1. The molecule has 0 amide bonds. The summed E-state index contributed by atoms with van der Waals surface area (Å²) in [7, 11) is -3.37. The van der Waals surface area contributed by atoms with E-state index in [0.717, 1.165) is 17.8 Å². The Balaban J connectivity index is 2.92. The molecule has 5 nitrogen and oxygen atoms in total. The largest absolute Gasteiger partial charge is 0.456 e. The van der Waals surface area contributed by atoms with Crippen molar-refractivity contribution in [1.29, 1.82) is 0 Å². The van der Waals surface area contributed by atoms with Crippen molar-refractivity contribution in [1.82, 2.24) is 4.37 Å². The highest BCUT2D eigenvalue weighted by atomic mass is 32.2. The topological polar surface area (TPSA) is 73.3 Å². The van der Waals surface area contributed by atoms with Crippen LogP contribution in [0.25, 0.3) is 0 Å². The first-order chi connectivity index (χ1) is 7.09. The van der Waals surface area contributed by atoms with Crippen molar-refractivity contribution in [3.63, 3.8) is 0 Å². The van der Waals surface area contributed by atoms with Crippen LogP contribution in [-0.4, -0.2) is 30.6 Å². The second-order valence-corrected chi connectivity index (χ2v) is 7.07. The van der Waals surface area contributed by atoms with Crippen LogP contribution in [0.15, 0.2) is 11.1 Å². The van der Waals surface area contributed by atoms with Crippen molar-refractivity contribution in [2.75, 3.05) is 6.26 Å². The minimum absolute atomic E-state index is 0.0987. The Kier molecular flexibility index (Phi) is 3.39. The van der Waals surface area contributed by atoms with Gasteiger partial charge in [-0.3, -0.25) is 0 Å². The average molecular weight is 263 g/mol. The quantitative estimate of drug-likeness (QED) is 0.756. The molecule has 90 valence electrons. The molecule has 1 rings (SSSR count). The van der Waals surface area contributed by atoms with E-state index in [1.807, 2.05) is 0 Å². The van der Waals surface area contributed by atoms with E-state index in [9.17, 15) is 13.2 Å². The first-order valence-electron chi connectivity index (χ1n) is 4.50. The van der Waals surface area contributed by atoms with Gasteiger partial charge < -0.3 is 4.74 Å². The summed E-state index contributed by atoms with van der Waals surface area (Å²) in [5.41, 5.74) is -0.605. The van der Waals surface area contributed by atoms with Gasteiger partial charge in [0.25, 0.3) is 0 Å². The lowest BCUT2D eigenvalue weighted by atomic mass is 10.2. The lowest BCUT2D eigenvalue weighted by molar-refractivity contribution is 0.00751. The number of hydrogen-bond donors (Lipinski definition) is 0. The zero-order chi connectivity index (χ0) is 12.6. The molecule has 7 heteroatoms. The van der Waals surface area contributed by atoms with Crippen LogP contribution in [-0.2, 0) is 14.6 Å². The first kappa shape index (κ1) is 13.1. The summed E-state index contributed by atoms with van der Waals surface area (Å²) in [6, 6.07) is 1.23. The Labute approximate surface area is 98.5 Å². The van der Waals surface area contributed by atoms with Crippen LogP contribution >= 0.6 is 11.5 Å². The van der Waals surface area contributed by atoms with E-state index in [2.05, 4.69) is 4.37 Å². The summed E-state index contributed by atoms with van der Waals surface area (Å²) in [4.78, 5) is 11.7. The van der Waals surface area contributed by atoms with Crippen LogP contribution in [0.4, 0.5) is 0 Å². The third-order valence-corrected chi connectivity index (χ3v) is 3.32. The van der Waals surface area contributed by atoms with E-state index in [0.29, 0.717) is 0 Å². The molecule has 0 aliphatic rings. The predicted molar refractivity (Wildman–Crippen MR) is 60.4 cm³/mol. The number of esters is 1. The normalized spacial score (nSPS) is 12.5. The second kappa shape index (κ2) is 4.14. The molecule has 16 heavy (non-hydrogen) atoms. The third kappa shape index (κ3) is 3.57. The Morgan fingerprint density at radius 3 is 2.38 bits per heavy atom. The summed E-state index contributed by atoms with van der Waals surface area (Å²) >= 11 is 0.822.